The lowest BCUT2D eigenvalue weighted by molar-refractivity contribution is 0.210. The fraction of sp³-hybridized carbons (Fsp3) is 0.158. The van der Waals surface area contributed by atoms with Crippen LogP contribution < -0.4 is 10.6 Å². The fourth-order valence-corrected chi connectivity index (χ4v) is 2.68. The zero-order chi connectivity index (χ0) is 18.4. The highest BCUT2D eigenvalue weighted by molar-refractivity contribution is 6.35. The summed E-state index contributed by atoms with van der Waals surface area (Å²) in [7, 11) is 1.66. The number of anilines is 3. The van der Waals surface area contributed by atoms with Gasteiger partial charge in [-0.05, 0) is 18.2 Å². The highest BCUT2D eigenvalue weighted by Gasteiger charge is 2.09. The summed E-state index contributed by atoms with van der Waals surface area (Å²) in [5.41, 5.74) is 2.43. The third-order valence-corrected chi connectivity index (χ3v) is 4.15. The molecule has 0 atom stereocenters. The van der Waals surface area contributed by atoms with E-state index >= 15 is 0 Å². The smallest absolute Gasteiger partial charge is 0.229 e. The molecular weight excluding hydrogens is 371 g/mol. The number of rotatable bonds is 7. The molecule has 0 saturated carbocycles. The molecule has 0 aliphatic carbocycles. The van der Waals surface area contributed by atoms with E-state index in [2.05, 4.69) is 20.6 Å². The first-order chi connectivity index (χ1) is 12.7. The van der Waals surface area contributed by atoms with E-state index in [1.165, 1.54) is 0 Å². The largest absolute Gasteiger partial charge is 0.383 e. The van der Waals surface area contributed by atoms with Gasteiger partial charge >= 0.3 is 0 Å². The van der Waals surface area contributed by atoms with Crippen LogP contribution in [-0.4, -0.2) is 30.2 Å². The normalized spacial score (nSPS) is 10.6. The predicted octanol–water partition coefficient (Wildman–Crippen LogP) is 5.25. The Kier molecular flexibility index (Phi) is 6.28. The van der Waals surface area contributed by atoms with Crippen molar-refractivity contribution >= 4 is 40.7 Å². The van der Waals surface area contributed by atoms with Crippen LogP contribution in [0.3, 0.4) is 0 Å². The molecular formula is C19H18Cl2N4O. The van der Waals surface area contributed by atoms with E-state index < -0.39 is 0 Å². The molecule has 0 aliphatic rings. The molecule has 1 heterocycles. The Labute approximate surface area is 162 Å². The number of ether oxygens (including phenoxy) is 1. The molecule has 26 heavy (non-hydrogen) atoms. The van der Waals surface area contributed by atoms with Crippen LogP contribution in [-0.2, 0) is 4.74 Å². The molecule has 7 heteroatoms. The van der Waals surface area contributed by atoms with Gasteiger partial charge in [0.2, 0.25) is 5.95 Å². The molecule has 2 N–H and O–H groups in total. The Balaban J connectivity index is 1.95. The zero-order valence-electron chi connectivity index (χ0n) is 14.2. The lowest BCUT2D eigenvalue weighted by Gasteiger charge is -2.12. The van der Waals surface area contributed by atoms with Gasteiger partial charge in [0.1, 0.15) is 5.82 Å². The number of nitrogens with one attached hydrogen (secondary N) is 2. The van der Waals surface area contributed by atoms with Gasteiger partial charge in [-0.2, -0.15) is 4.98 Å². The number of benzene rings is 2. The van der Waals surface area contributed by atoms with Gasteiger partial charge < -0.3 is 15.4 Å². The minimum Gasteiger partial charge on any atom is -0.383 e. The van der Waals surface area contributed by atoms with E-state index in [4.69, 9.17) is 27.9 Å². The first kappa shape index (κ1) is 18.5. The first-order valence-electron chi connectivity index (χ1n) is 8.05. The third kappa shape index (κ3) is 4.85. The molecule has 0 aliphatic heterocycles. The van der Waals surface area contributed by atoms with Crippen molar-refractivity contribution in [2.75, 3.05) is 30.9 Å². The van der Waals surface area contributed by atoms with Gasteiger partial charge in [0.15, 0.2) is 0 Å². The number of hydrogen-bond donors (Lipinski definition) is 2. The number of halogens is 2. The van der Waals surface area contributed by atoms with Crippen LogP contribution in [0.25, 0.3) is 11.3 Å². The average Bonchev–Trinajstić information content (AvgIpc) is 2.65. The van der Waals surface area contributed by atoms with E-state index in [1.807, 2.05) is 36.4 Å². The van der Waals surface area contributed by atoms with Gasteiger partial charge in [0, 0.05) is 30.3 Å². The summed E-state index contributed by atoms with van der Waals surface area (Å²) in [6.07, 6.45) is 0. The summed E-state index contributed by atoms with van der Waals surface area (Å²) in [4.78, 5) is 9.11. The molecule has 0 bridgehead atoms. The predicted molar refractivity (Wildman–Crippen MR) is 108 cm³/mol. The Morgan fingerprint density at radius 3 is 2.58 bits per heavy atom. The maximum atomic E-state index is 6.24. The maximum Gasteiger partial charge on any atom is 0.229 e. The SMILES string of the molecule is COCCNc1cc(-c2ccccc2)nc(Nc2cc(Cl)ccc2Cl)n1. The Bertz CT molecular complexity index is 875. The number of hydrogen-bond acceptors (Lipinski definition) is 5. The van der Waals surface area contributed by atoms with Gasteiger partial charge in [-0.15, -0.1) is 0 Å². The topological polar surface area (TPSA) is 59.1 Å². The van der Waals surface area contributed by atoms with Crippen molar-refractivity contribution in [2.24, 2.45) is 0 Å². The summed E-state index contributed by atoms with van der Waals surface area (Å²) in [6, 6.07) is 17.0. The van der Waals surface area contributed by atoms with E-state index in [0.717, 1.165) is 11.3 Å². The summed E-state index contributed by atoms with van der Waals surface area (Å²) in [5, 5.41) is 7.49. The molecule has 1 aromatic heterocycles. The molecule has 134 valence electrons. The summed E-state index contributed by atoms with van der Waals surface area (Å²) >= 11 is 12.3. The van der Waals surface area contributed by atoms with Crippen molar-refractivity contribution in [2.45, 2.75) is 0 Å². The highest BCUT2D eigenvalue weighted by atomic mass is 35.5. The average molecular weight is 389 g/mol. The molecule has 5 nitrogen and oxygen atoms in total. The third-order valence-electron chi connectivity index (χ3n) is 3.58. The summed E-state index contributed by atoms with van der Waals surface area (Å²) in [6.45, 7) is 1.21. The van der Waals surface area contributed by atoms with Crippen LogP contribution in [0.2, 0.25) is 10.0 Å². The highest BCUT2D eigenvalue weighted by Crippen LogP contribution is 2.29. The second kappa shape index (κ2) is 8.85. The van der Waals surface area contributed by atoms with Crippen molar-refractivity contribution in [3.8, 4) is 11.3 Å². The summed E-state index contributed by atoms with van der Waals surface area (Å²) in [5.74, 6) is 1.12. The van der Waals surface area contributed by atoms with E-state index in [9.17, 15) is 0 Å². The standard InChI is InChI=1S/C19H18Cl2N4O/c1-26-10-9-22-18-12-16(13-5-3-2-4-6-13)23-19(25-18)24-17-11-14(20)7-8-15(17)21/h2-8,11-12H,9-10H2,1H3,(H2,22,23,24,25). The summed E-state index contributed by atoms with van der Waals surface area (Å²) < 4.78 is 5.08. The lowest BCUT2D eigenvalue weighted by Crippen LogP contribution is -2.10. The van der Waals surface area contributed by atoms with Crippen molar-refractivity contribution in [1.29, 1.82) is 0 Å². The molecule has 0 amide bonds. The molecule has 0 saturated heterocycles. The monoisotopic (exact) mass is 388 g/mol. The van der Waals surface area contributed by atoms with Crippen molar-refractivity contribution in [1.82, 2.24) is 9.97 Å². The second-order valence-electron chi connectivity index (χ2n) is 5.50. The first-order valence-corrected chi connectivity index (χ1v) is 8.80. The van der Waals surface area contributed by atoms with Gasteiger partial charge in [-0.25, -0.2) is 4.98 Å². The van der Waals surface area contributed by atoms with E-state index in [0.29, 0.717) is 40.7 Å². The lowest BCUT2D eigenvalue weighted by atomic mass is 10.1. The Morgan fingerprint density at radius 1 is 1.00 bits per heavy atom. The molecule has 0 unspecified atom stereocenters. The van der Waals surface area contributed by atoms with E-state index in [-0.39, 0.29) is 0 Å². The molecule has 3 rings (SSSR count). The van der Waals surface area contributed by atoms with Gasteiger partial charge in [0.05, 0.1) is 23.0 Å². The minimum atomic E-state index is 0.426. The number of aromatic nitrogens is 2. The van der Waals surface area contributed by atoms with Crippen molar-refractivity contribution in [3.63, 3.8) is 0 Å². The van der Waals surface area contributed by atoms with Crippen LogP contribution in [0.15, 0.2) is 54.6 Å². The van der Waals surface area contributed by atoms with Crippen LogP contribution in [0.1, 0.15) is 0 Å². The quantitative estimate of drug-likeness (QED) is 0.541. The van der Waals surface area contributed by atoms with Crippen LogP contribution in [0.4, 0.5) is 17.5 Å². The number of nitrogens with zero attached hydrogens (tertiary/aromatic N) is 2. The molecule has 0 spiro atoms. The van der Waals surface area contributed by atoms with Gasteiger partial charge in [0.25, 0.3) is 0 Å². The van der Waals surface area contributed by atoms with Crippen LogP contribution in [0.5, 0.6) is 0 Å². The number of methoxy groups -OCH3 is 1. The molecule has 0 radical (unpaired) electrons. The fourth-order valence-electron chi connectivity index (χ4n) is 2.35. The van der Waals surface area contributed by atoms with Crippen molar-refractivity contribution in [3.05, 3.63) is 64.6 Å². The van der Waals surface area contributed by atoms with Gasteiger partial charge in [-0.3, -0.25) is 0 Å². The Morgan fingerprint density at radius 2 is 1.81 bits per heavy atom. The van der Waals surface area contributed by atoms with Crippen LogP contribution in [0, 0.1) is 0 Å². The molecule has 2 aromatic carbocycles. The maximum absolute atomic E-state index is 6.24. The molecule has 0 fully saturated rings. The minimum absolute atomic E-state index is 0.426. The van der Waals surface area contributed by atoms with Gasteiger partial charge in [-0.1, -0.05) is 53.5 Å². The molecule has 3 aromatic rings. The van der Waals surface area contributed by atoms with Crippen LogP contribution >= 0.6 is 23.2 Å². The van der Waals surface area contributed by atoms with Crippen molar-refractivity contribution < 1.29 is 4.74 Å². The second-order valence-corrected chi connectivity index (χ2v) is 6.34. The van der Waals surface area contributed by atoms with E-state index in [1.54, 1.807) is 25.3 Å². The zero-order valence-corrected chi connectivity index (χ0v) is 15.7. The Hall–Kier alpha value is -2.34.